The number of amides is 2. The minimum Gasteiger partial charge on any atom is -0.304 e. The predicted molar refractivity (Wildman–Crippen MR) is 80.6 cm³/mol. The molecule has 1 N–H and O–H groups in total. The number of amidine groups is 1. The molecule has 20 heavy (non-hydrogen) atoms. The zero-order valence-corrected chi connectivity index (χ0v) is 12.1. The van der Waals surface area contributed by atoms with Gasteiger partial charge in [0.2, 0.25) is 11.8 Å². The lowest BCUT2D eigenvalue weighted by Crippen LogP contribution is -2.27. The van der Waals surface area contributed by atoms with Crippen LogP contribution in [0.3, 0.4) is 0 Å². The molecule has 1 heterocycles. The number of nitrogens with zero attached hydrogens (tertiary/aromatic N) is 2. The van der Waals surface area contributed by atoms with E-state index in [4.69, 9.17) is 0 Å². The topological polar surface area (TPSA) is 61.8 Å². The molecule has 2 amide bonds. The van der Waals surface area contributed by atoms with Gasteiger partial charge in [-0.3, -0.25) is 9.59 Å². The first-order valence-electron chi connectivity index (χ1n) is 6.12. The number of carbonyl (C=O) groups excluding carboxylic acids is 2. The summed E-state index contributed by atoms with van der Waals surface area (Å²) in [7, 11) is 0. The van der Waals surface area contributed by atoms with Crippen LogP contribution in [0.25, 0.3) is 6.08 Å². The van der Waals surface area contributed by atoms with Crippen molar-refractivity contribution < 1.29 is 9.59 Å². The van der Waals surface area contributed by atoms with Crippen LogP contribution in [0.5, 0.6) is 0 Å². The number of nitrogens with one attached hydrogen (secondary N) is 1. The second-order valence-electron chi connectivity index (χ2n) is 4.23. The number of thioether (sulfide) groups is 1. The lowest BCUT2D eigenvalue weighted by atomic mass is 10.2. The predicted octanol–water partition coefficient (Wildman–Crippen LogP) is 2.03. The Labute approximate surface area is 121 Å². The second kappa shape index (κ2) is 6.38. The number of hydrazone groups is 1. The molecule has 0 radical (unpaired) electrons. The Morgan fingerprint density at radius 1 is 1.30 bits per heavy atom. The Balaban J connectivity index is 2.10. The third kappa shape index (κ3) is 3.71. The monoisotopic (exact) mass is 289 g/mol. The van der Waals surface area contributed by atoms with Crippen LogP contribution >= 0.6 is 11.8 Å². The number of benzene rings is 1. The summed E-state index contributed by atoms with van der Waals surface area (Å²) in [4.78, 5) is 22.6. The highest BCUT2D eigenvalue weighted by atomic mass is 32.2. The van der Waals surface area contributed by atoms with E-state index in [-0.39, 0.29) is 17.2 Å². The van der Waals surface area contributed by atoms with Crippen molar-refractivity contribution in [1.82, 2.24) is 10.3 Å². The van der Waals surface area contributed by atoms with Gasteiger partial charge in [0, 0.05) is 13.8 Å². The highest BCUT2D eigenvalue weighted by Gasteiger charge is 2.28. The van der Waals surface area contributed by atoms with Crippen molar-refractivity contribution >= 4 is 34.8 Å². The van der Waals surface area contributed by atoms with Crippen LogP contribution in [0.1, 0.15) is 19.4 Å². The number of carbonyl (C=O) groups is 2. The summed E-state index contributed by atoms with van der Waals surface area (Å²) in [6, 6.07) is 9.79. The average Bonchev–Trinajstić information content (AvgIpc) is 2.80. The minimum atomic E-state index is -0.241. The van der Waals surface area contributed by atoms with E-state index in [9.17, 15) is 9.59 Å². The fourth-order valence-electron chi connectivity index (χ4n) is 1.68. The molecule has 1 aliphatic heterocycles. The minimum absolute atomic E-state index is 0.166. The molecule has 1 aromatic rings. The van der Waals surface area contributed by atoms with Crippen LogP contribution in [-0.2, 0) is 9.59 Å². The molecule has 0 aliphatic carbocycles. The molecule has 6 heteroatoms. The molecule has 1 aliphatic rings. The summed E-state index contributed by atoms with van der Waals surface area (Å²) < 4.78 is 0. The van der Waals surface area contributed by atoms with E-state index < -0.39 is 0 Å². The molecule has 0 fully saturated rings. The Hall–Kier alpha value is -2.08. The van der Waals surface area contributed by atoms with Crippen molar-refractivity contribution in [3.8, 4) is 0 Å². The quantitative estimate of drug-likeness (QED) is 0.906. The van der Waals surface area contributed by atoms with Crippen LogP contribution in [0.2, 0.25) is 0 Å². The van der Waals surface area contributed by atoms with E-state index in [2.05, 4.69) is 10.4 Å². The van der Waals surface area contributed by atoms with E-state index in [0.717, 1.165) is 5.56 Å². The van der Waals surface area contributed by atoms with Crippen molar-refractivity contribution in [1.29, 1.82) is 0 Å². The van der Waals surface area contributed by atoms with Gasteiger partial charge < -0.3 is 5.32 Å². The Morgan fingerprint density at radius 2 is 2.00 bits per heavy atom. The van der Waals surface area contributed by atoms with E-state index in [1.165, 1.54) is 30.6 Å². The van der Waals surface area contributed by atoms with Crippen molar-refractivity contribution in [2.75, 3.05) is 0 Å². The average molecular weight is 289 g/mol. The third-order valence-electron chi connectivity index (χ3n) is 2.53. The zero-order valence-electron chi connectivity index (χ0n) is 11.2. The maximum atomic E-state index is 11.6. The maximum absolute atomic E-state index is 11.6. The highest BCUT2D eigenvalue weighted by Crippen LogP contribution is 2.26. The lowest BCUT2D eigenvalue weighted by Gasteiger charge is -2.14. The van der Waals surface area contributed by atoms with Crippen LogP contribution in [-0.4, -0.2) is 27.4 Å². The van der Waals surface area contributed by atoms with Gasteiger partial charge >= 0.3 is 0 Å². The summed E-state index contributed by atoms with van der Waals surface area (Å²) in [5.41, 5.74) is 1.05. The summed E-state index contributed by atoms with van der Waals surface area (Å²) in [6.07, 6.45) is 3.82. The molecule has 0 bridgehead atoms. The first-order valence-corrected chi connectivity index (χ1v) is 7.00. The summed E-state index contributed by atoms with van der Waals surface area (Å²) >= 11 is 1.33. The zero-order chi connectivity index (χ0) is 14.5. The van der Waals surface area contributed by atoms with Gasteiger partial charge in [-0.15, -0.1) is 5.10 Å². The first-order chi connectivity index (χ1) is 9.56. The number of rotatable bonds is 2. The van der Waals surface area contributed by atoms with Crippen molar-refractivity contribution in [2.24, 2.45) is 5.10 Å². The SMILES string of the molecule is CC(=O)NC1=NN(C(C)=O)[C@H](/C=C/c2ccccc2)S1. The van der Waals surface area contributed by atoms with Gasteiger partial charge in [0.1, 0.15) is 5.37 Å². The summed E-state index contributed by atoms with van der Waals surface area (Å²) in [5.74, 6) is -0.368. The molecule has 0 saturated carbocycles. The van der Waals surface area contributed by atoms with Gasteiger partial charge in [-0.2, -0.15) is 0 Å². The number of hydrogen-bond donors (Lipinski definition) is 1. The summed E-state index contributed by atoms with van der Waals surface area (Å²) in [6.45, 7) is 2.86. The maximum Gasteiger partial charge on any atom is 0.241 e. The van der Waals surface area contributed by atoms with E-state index in [1.807, 2.05) is 42.5 Å². The summed E-state index contributed by atoms with van der Waals surface area (Å²) in [5, 5.41) is 8.26. The molecule has 1 atom stereocenters. The van der Waals surface area contributed by atoms with E-state index >= 15 is 0 Å². The molecule has 5 nitrogen and oxygen atoms in total. The molecule has 2 rings (SSSR count). The fraction of sp³-hybridized carbons (Fsp3) is 0.214. The van der Waals surface area contributed by atoms with Gasteiger partial charge in [0.25, 0.3) is 0 Å². The largest absolute Gasteiger partial charge is 0.304 e. The molecular weight excluding hydrogens is 274 g/mol. The van der Waals surface area contributed by atoms with Crippen molar-refractivity contribution in [3.05, 3.63) is 42.0 Å². The van der Waals surface area contributed by atoms with Gasteiger partial charge in [-0.25, -0.2) is 5.01 Å². The second-order valence-corrected chi connectivity index (χ2v) is 5.33. The van der Waals surface area contributed by atoms with Gasteiger partial charge in [0.15, 0.2) is 5.17 Å². The van der Waals surface area contributed by atoms with Crippen LogP contribution in [0, 0.1) is 0 Å². The Morgan fingerprint density at radius 3 is 2.60 bits per heavy atom. The molecule has 0 saturated heterocycles. The number of hydrogen-bond acceptors (Lipinski definition) is 4. The van der Waals surface area contributed by atoms with E-state index in [1.54, 1.807) is 0 Å². The van der Waals surface area contributed by atoms with E-state index in [0.29, 0.717) is 5.17 Å². The highest BCUT2D eigenvalue weighted by molar-refractivity contribution is 8.14. The van der Waals surface area contributed by atoms with Crippen molar-refractivity contribution in [3.63, 3.8) is 0 Å². The molecule has 0 aromatic heterocycles. The Bertz CT molecular complexity index is 569. The molecule has 0 unspecified atom stereocenters. The van der Waals surface area contributed by atoms with Gasteiger partial charge in [-0.1, -0.05) is 48.2 Å². The van der Waals surface area contributed by atoms with Crippen LogP contribution in [0.15, 0.2) is 41.5 Å². The molecule has 1 aromatic carbocycles. The van der Waals surface area contributed by atoms with Crippen LogP contribution < -0.4 is 5.32 Å². The normalized spacial score (nSPS) is 18.2. The standard InChI is InChI=1S/C14H15N3O2S/c1-10(18)15-14-16-17(11(2)19)13(20-14)9-8-12-6-4-3-5-7-12/h3-9,13H,1-2H3,(H,15,16,18)/b9-8+/t13-/m0/s1. The fourth-order valence-corrected chi connectivity index (χ4v) is 2.69. The molecule has 104 valence electrons. The Kier molecular flexibility index (Phi) is 4.57. The lowest BCUT2D eigenvalue weighted by molar-refractivity contribution is -0.128. The molecule has 0 spiro atoms. The van der Waals surface area contributed by atoms with Crippen molar-refractivity contribution in [2.45, 2.75) is 19.2 Å². The van der Waals surface area contributed by atoms with Gasteiger partial charge in [-0.05, 0) is 11.6 Å². The molecular formula is C14H15N3O2S. The smallest absolute Gasteiger partial charge is 0.241 e. The first kappa shape index (κ1) is 14.3. The van der Waals surface area contributed by atoms with Crippen LogP contribution in [0.4, 0.5) is 0 Å². The van der Waals surface area contributed by atoms with Gasteiger partial charge in [0.05, 0.1) is 0 Å². The third-order valence-corrected chi connectivity index (χ3v) is 3.54.